The van der Waals surface area contributed by atoms with E-state index in [0.717, 1.165) is 25.3 Å². The van der Waals surface area contributed by atoms with Crippen molar-refractivity contribution in [2.45, 2.75) is 19.9 Å². The van der Waals surface area contributed by atoms with Gasteiger partial charge in [0.2, 0.25) is 0 Å². The zero-order chi connectivity index (χ0) is 13.3. The summed E-state index contributed by atoms with van der Waals surface area (Å²) in [5.74, 6) is 0.984. The van der Waals surface area contributed by atoms with E-state index >= 15 is 0 Å². The molecule has 0 heterocycles. The molecule has 2 rings (SSSR count). The number of benzene rings is 2. The SMILES string of the molecule is CCOc1ccccc1CNCCc1ccccc1. The largest absolute Gasteiger partial charge is 0.494 e. The number of hydrogen-bond donors (Lipinski definition) is 1. The Morgan fingerprint density at radius 3 is 2.47 bits per heavy atom. The summed E-state index contributed by atoms with van der Waals surface area (Å²) >= 11 is 0. The molecule has 0 bridgehead atoms. The van der Waals surface area contributed by atoms with Crippen LogP contribution >= 0.6 is 0 Å². The number of para-hydroxylation sites is 1. The van der Waals surface area contributed by atoms with E-state index in [1.807, 2.05) is 19.1 Å². The summed E-state index contributed by atoms with van der Waals surface area (Å²) in [4.78, 5) is 0. The summed E-state index contributed by atoms with van der Waals surface area (Å²) in [7, 11) is 0. The maximum atomic E-state index is 5.61. The van der Waals surface area contributed by atoms with Crippen LogP contribution in [0.3, 0.4) is 0 Å². The maximum absolute atomic E-state index is 5.61. The summed E-state index contributed by atoms with van der Waals surface area (Å²) in [5.41, 5.74) is 2.59. The van der Waals surface area contributed by atoms with Gasteiger partial charge in [-0.1, -0.05) is 48.5 Å². The quantitative estimate of drug-likeness (QED) is 0.765. The summed E-state index contributed by atoms with van der Waals surface area (Å²) in [5, 5.41) is 3.47. The first-order chi connectivity index (χ1) is 9.40. The minimum absolute atomic E-state index is 0.709. The van der Waals surface area contributed by atoms with E-state index in [9.17, 15) is 0 Å². The number of hydrogen-bond acceptors (Lipinski definition) is 2. The number of rotatable bonds is 7. The van der Waals surface area contributed by atoms with Crippen molar-refractivity contribution >= 4 is 0 Å². The van der Waals surface area contributed by atoms with Crippen LogP contribution < -0.4 is 10.1 Å². The molecule has 2 aromatic rings. The van der Waals surface area contributed by atoms with Crippen molar-refractivity contribution in [3.63, 3.8) is 0 Å². The molecule has 2 heteroatoms. The smallest absolute Gasteiger partial charge is 0.123 e. The molecule has 1 N–H and O–H groups in total. The molecule has 0 aliphatic heterocycles. The summed E-state index contributed by atoms with van der Waals surface area (Å²) in [6, 6.07) is 18.7. The van der Waals surface area contributed by atoms with Gasteiger partial charge in [0.1, 0.15) is 5.75 Å². The Morgan fingerprint density at radius 1 is 0.947 bits per heavy atom. The van der Waals surface area contributed by atoms with Gasteiger partial charge in [0.25, 0.3) is 0 Å². The molecule has 2 aromatic carbocycles. The van der Waals surface area contributed by atoms with Gasteiger partial charge in [-0.2, -0.15) is 0 Å². The molecule has 0 fully saturated rings. The van der Waals surface area contributed by atoms with Crippen LogP contribution in [0.25, 0.3) is 0 Å². The van der Waals surface area contributed by atoms with Crippen molar-refractivity contribution in [3.8, 4) is 5.75 Å². The lowest BCUT2D eigenvalue weighted by Crippen LogP contribution is -2.17. The summed E-state index contributed by atoms with van der Waals surface area (Å²) in [6.07, 6.45) is 1.05. The zero-order valence-corrected chi connectivity index (χ0v) is 11.4. The molecule has 0 atom stereocenters. The lowest BCUT2D eigenvalue weighted by molar-refractivity contribution is 0.335. The van der Waals surface area contributed by atoms with Crippen molar-refractivity contribution in [1.29, 1.82) is 0 Å². The van der Waals surface area contributed by atoms with Gasteiger partial charge < -0.3 is 10.1 Å². The average Bonchev–Trinajstić information content (AvgIpc) is 2.47. The standard InChI is InChI=1S/C17H21NO/c1-2-19-17-11-7-6-10-16(17)14-18-13-12-15-8-4-3-5-9-15/h3-11,18H,2,12-14H2,1H3. The Labute approximate surface area is 115 Å². The van der Waals surface area contributed by atoms with E-state index in [1.54, 1.807) is 0 Å². The van der Waals surface area contributed by atoms with Crippen LogP contribution in [0.5, 0.6) is 5.75 Å². The monoisotopic (exact) mass is 255 g/mol. The van der Waals surface area contributed by atoms with Crippen molar-refractivity contribution in [3.05, 3.63) is 65.7 Å². The number of ether oxygens (including phenoxy) is 1. The van der Waals surface area contributed by atoms with Crippen molar-refractivity contribution in [2.24, 2.45) is 0 Å². The van der Waals surface area contributed by atoms with Crippen LogP contribution in [-0.2, 0) is 13.0 Å². The highest BCUT2D eigenvalue weighted by atomic mass is 16.5. The van der Waals surface area contributed by atoms with Crippen LogP contribution in [0.1, 0.15) is 18.1 Å². The summed E-state index contributed by atoms with van der Waals surface area (Å²) < 4.78 is 5.61. The normalized spacial score (nSPS) is 10.4. The molecule has 19 heavy (non-hydrogen) atoms. The first-order valence-electron chi connectivity index (χ1n) is 6.85. The van der Waals surface area contributed by atoms with E-state index < -0.39 is 0 Å². The van der Waals surface area contributed by atoms with Gasteiger partial charge in [-0.15, -0.1) is 0 Å². The van der Waals surface area contributed by atoms with E-state index in [-0.39, 0.29) is 0 Å². The van der Waals surface area contributed by atoms with Crippen molar-refractivity contribution in [2.75, 3.05) is 13.2 Å². The third kappa shape index (κ3) is 4.42. The lowest BCUT2D eigenvalue weighted by atomic mass is 10.1. The first kappa shape index (κ1) is 13.6. The van der Waals surface area contributed by atoms with Crippen LogP contribution in [0.4, 0.5) is 0 Å². The third-order valence-corrected chi connectivity index (χ3v) is 3.02. The Hall–Kier alpha value is -1.80. The molecule has 0 spiro atoms. The van der Waals surface area contributed by atoms with Crippen LogP contribution in [0.2, 0.25) is 0 Å². The fourth-order valence-corrected chi connectivity index (χ4v) is 2.05. The second-order valence-corrected chi connectivity index (χ2v) is 4.45. The minimum Gasteiger partial charge on any atom is -0.494 e. The first-order valence-corrected chi connectivity index (χ1v) is 6.85. The van der Waals surface area contributed by atoms with E-state index in [4.69, 9.17) is 4.74 Å². The molecule has 0 aliphatic carbocycles. The van der Waals surface area contributed by atoms with E-state index in [1.165, 1.54) is 11.1 Å². The number of nitrogens with one attached hydrogen (secondary N) is 1. The predicted molar refractivity (Wildman–Crippen MR) is 79.5 cm³/mol. The molecule has 2 nitrogen and oxygen atoms in total. The summed E-state index contributed by atoms with van der Waals surface area (Å²) in [6.45, 7) is 4.55. The van der Waals surface area contributed by atoms with E-state index in [2.05, 4.69) is 47.8 Å². The van der Waals surface area contributed by atoms with Crippen LogP contribution in [0, 0.1) is 0 Å². The molecule has 0 amide bonds. The maximum Gasteiger partial charge on any atom is 0.123 e. The van der Waals surface area contributed by atoms with Gasteiger partial charge in [-0.05, 0) is 31.5 Å². The molecule has 0 radical (unpaired) electrons. The average molecular weight is 255 g/mol. The highest BCUT2D eigenvalue weighted by Crippen LogP contribution is 2.17. The lowest BCUT2D eigenvalue weighted by Gasteiger charge is -2.10. The van der Waals surface area contributed by atoms with Crippen LogP contribution in [0.15, 0.2) is 54.6 Å². The van der Waals surface area contributed by atoms with Gasteiger partial charge in [-0.3, -0.25) is 0 Å². The van der Waals surface area contributed by atoms with Crippen molar-refractivity contribution in [1.82, 2.24) is 5.32 Å². The van der Waals surface area contributed by atoms with E-state index in [0.29, 0.717) is 6.61 Å². The molecule has 0 aliphatic rings. The van der Waals surface area contributed by atoms with Gasteiger partial charge in [0.05, 0.1) is 6.61 Å². The third-order valence-electron chi connectivity index (χ3n) is 3.02. The van der Waals surface area contributed by atoms with Gasteiger partial charge in [0, 0.05) is 12.1 Å². The Morgan fingerprint density at radius 2 is 1.68 bits per heavy atom. The molecule has 0 saturated heterocycles. The molecule has 0 saturated carbocycles. The highest BCUT2D eigenvalue weighted by Gasteiger charge is 2.01. The predicted octanol–water partition coefficient (Wildman–Crippen LogP) is 3.42. The minimum atomic E-state index is 0.709. The Balaban J connectivity index is 1.79. The molecule has 0 aromatic heterocycles. The molecular weight excluding hydrogens is 234 g/mol. The second kappa shape index (κ2) is 7.59. The fraction of sp³-hybridized carbons (Fsp3) is 0.294. The van der Waals surface area contributed by atoms with Gasteiger partial charge >= 0.3 is 0 Å². The van der Waals surface area contributed by atoms with Gasteiger partial charge in [-0.25, -0.2) is 0 Å². The topological polar surface area (TPSA) is 21.3 Å². The second-order valence-electron chi connectivity index (χ2n) is 4.45. The van der Waals surface area contributed by atoms with Gasteiger partial charge in [0.15, 0.2) is 0 Å². The van der Waals surface area contributed by atoms with Crippen molar-refractivity contribution < 1.29 is 4.74 Å². The molecular formula is C17H21NO. The molecule has 0 unspecified atom stereocenters. The highest BCUT2D eigenvalue weighted by molar-refractivity contribution is 5.33. The Bertz CT molecular complexity index is 482. The van der Waals surface area contributed by atoms with Crippen LogP contribution in [-0.4, -0.2) is 13.2 Å². The fourth-order valence-electron chi connectivity index (χ4n) is 2.05. The zero-order valence-electron chi connectivity index (χ0n) is 11.4. The molecule has 100 valence electrons. The Kier molecular flexibility index (Phi) is 5.45.